The van der Waals surface area contributed by atoms with Crippen LogP contribution in [0.5, 0.6) is 0 Å². The molecule has 0 aromatic heterocycles. The number of rotatable bonds is 6. The van der Waals surface area contributed by atoms with Crippen LogP contribution < -0.4 is 0 Å². The third-order valence-electron chi connectivity index (χ3n) is 1.69. The van der Waals surface area contributed by atoms with Crippen LogP contribution in [0.25, 0.3) is 0 Å². The van der Waals surface area contributed by atoms with Crippen molar-refractivity contribution in [2.45, 2.75) is 26.7 Å². The minimum atomic E-state index is 0.900. The summed E-state index contributed by atoms with van der Waals surface area (Å²) in [7, 11) is 0. The van der Waals surface area contributed by atoms with Gasteiger partial charge in [0, 0.05) is 5.75 Å². The standard InChI is InChI=1S/C9H18S/c1-4-7-10-8-6-9(3)5-2/h4,9H,1,5-8H2,2-3H3. The van der Waals surface area contributed by atoms with Crippen LogP contribution in [0.15, 0.2) is 12.7 Å². The van der Waals surface area contributed by atoms with E-state index in [1.54, 1.807) is 0 Å². The molecule has 0 radical (unpaired) electrons. The van der Waals surface area contributed by atoms with Gasteiger partial charge in [-0.3, -0.25) is 0 Å². The summed E-state index contributed by atoms with van der Waals surface area (Å²) in [6.07, 6.45) is 4.64. The second-order valence-corrected chi connectivity index (χ2v) is 3.82. The van der Waals surface area contributed by atoms with E-state index >= 15 is 0 Å². The molecule has 0 aliphatic carbocycles. The first kappa shape index (κ1) is 10.1. The third kappa shape index (κ3) is 6.21. The average molecular weight is 158 g/mol. The first-order valence-corrected chi connectivity index (χ1v) is 5.15. The number of hydrogen-bond acceptors (Lipinski definition) is 1. The van der Waals surface area contributed by atoms with Crippen LogP contribution in [0.2, 0.25) is 0 Å². The summed E-state index contributed by atoms with van der Waals surface area (Å²) in [6, 6.07) is 0. The zero-order valence-corrected chi connectivity index (χ0v) is 7.91. The highest BCUT2D eigenvalue weighted by Gasteiger charge is 1.96. The maximum atomic E-state index is 3.68. The fourth-order valence-corrected chi connectivity index (χ4v) is 1.56. The van der Waals surface area contributed by atoms with Crippen molar-refractivity contribution in [1.82, 2.24) is 0 Å². The zero-order valence-electron chi connectivity index (χ0n) is 7.10. The molecule has 0 saturated carbocycles. The molecule has 0 N–H and O–H groups in total. The predicted molar refractivity (Wildman–Crippen MR) is 51.6 cm³/mol. The molecular formula is C9H18S. The van der Waals surface area contributed by atoms with Gasteiger partial charge in [0.2, 0.25) is 0 Å². The quantitative estimate of drug-likeness (QED) is 0.422. The predicted octanol–water partition coefficient (Wildman–Crippen LogP) is 3.34. The second kappa shape index (κ2) is 7.20. The van der Waals surface area contributed by atoms with Crippen LogP contribution in [-0.2, 0) is 0 Å². The van der Waals surface area contributed by atoms with Crippen molar-refractivity contribution in [3.8, 4) is 0 Å². The van der Waals surface area contributed by atoms with Crippen molar-refractivity contribution in [2.75, 3.05) is 11.5 Å². The van der Waals surface area contributed by atoms with Crippen LogP contribution in [0.3, 0.4) is 0 Å². The molecule has 0 nitrogen and oxygen atoms in total. The largest absolute Gasteiger partial charge is 0.158 e. The lowest BCUT2D eigenvalue weighted by Gasteiger charge is -2.05. The Kier molecular flexibility index (Phi) is 7.26. The van der Waals surface area contributed by atoms with Crippen LogP contribution in [0, 0.1) is 5.92 Å². The van der Waals surface area contributed by atoms with Gasteiger partial charge in [0.1, 0.15) is 0 Å². The van der Waals surface area contributed by atoms with Crippen molar-refractivity contribution in [3.63, 3.8) is 0 Å². The highest BCUT2D eigenvalue weighted by molar-refractivity contribution is 7.99. The van der Waals surface area contributed by atoms with Crippen molar-refractivity contribution in [2.24, 2.45) is 5.92 Å². The molecule has 1 heteroatoms. The molecule has 0 amide bonds. The van der Waals surface area contributed by atoms with Crippen molar-refractivity contribution >= 4 is 11.8 Å². The summed E-state index contributed by atoms with van der Waals surface area (Å²) in [5.74, 6) is 3.30. The number of thioether (sulfide) groups is 1. The van der Waals surface area contributed by atoms with Crippen molar-refractivity contribution in [3.05, 3.63) is 12.7 Å². The van der Waals surface area contributed by atoms with Gasteiger partial charge in [0.05, 0.1) is 0 Å². The van der Waals surface area contributed by atoms with E-state index in [4.69, 9.17) is 0 Å². The minimum absolute atomic E-state index is 0.900. The van der Waals surface area contributed by atoms with Crippen LogP contribution in [-0.4, -0.2) is 11.5 Å². The van der Waals surface area contributed by atoms with E-state index in [2.05, 4.69) is 20.4 Å². The van der Waals surface area contributed by atoms with E-state index in [1.165, 1.54) is 18.6 Å². The Hall–Kier alpha value is 0.0900. The van der Waals surface area contributed by atoms with E-state index in [1.807, 2.05) is 17.8 Å². The van der Waals surface area contributed by atoms with Gasteiger partial charge >= 0.3 is 0 Å². The van der Waals surface area contributed by atoms with Gasteiger partial charge in [-0.2, -0.15) is 11.8 Å². The summed E-state index contributed by atoms with van der Waals surface area (Å²) in [6.45, 7) is 8.24. The lowest BCUT2D eigenvalue weighted by atomic mass is 10.1. The maximum Gasteiger partial charge on any atom is 0.0110 e. The molecule has 0 saturated heterocycles. The molecule has 0 aromatic rings. The van der Waals surface area contributed by atoms with Gasteiger partial charge in [-0.15, -0.1) is 6.58 Å². The SMILES string of the molecule is C=CCSCCC(C)CC. The molecule has 1 atom stereocenters. The van der Waals surface area contributed by atoms with Crippen LogP contribution in [0.4, 0.5) is 0 Å². The smallest absolute Gasteiger partial charge is 0.0110 e. The van der Waals surface area contributed by atoms with Gasteiger partial charge in [-0.1, -0.05) is 26.3 Å². The Bertz CT molecular complexity index is 78.8. The molecule has 0 aliphatic heterocycles. The molecule has 0 fully saturated rings. The summed E-state index contributed by atoms with van der Waals surface area (Å²) in [5.41, 5.74) is 0. The molecule has 0 heterocycles. The molecule has 0 aliphatic rings. The molecule has 0 rings (SSSR count). The maximum absolute atomic E-state index is 3.68. The third-order valence-corrected chi connectivity index (χ3v) is 2.68. The molecule has 0 aromatic carbocycles. The molecule has 0 spiro atoms. The molecular weight excluding hydrogens is 140 g/mol. The normalized spacial score (nSPS) is 13.0. The van der Waals surface area contributed by atoms with Crippen molar-refractivity contribution in [1.29, 1.82) is 0 Å². The van der Waals surface area contributed by atoms with Crippen LogP contribution in [0.1, 0.15) is 26.7 Å². The van der Waals surface area contributed by atoms with Crippen LogP contribution >= 0.6 is 11.8 Å². The van der Waals surface area contributed by atoms with E-state index < -0.39 is 0 Å². The van der Waals surface area contributed by atoms with E-state index in [9.17, 15) is 0 Å². The molecule has 60 valence electrons. The first-order valence-electron chi connectivity index (χ1n) is 3.99. The molecule has 1 unspecified atom stereocenters. The summed E-state index contributed by atoms with van der Waals surface area (Å²) in [5, 5.41) is 0. The minimum Gasteiger partial charge on any atom is -0.158 e. The van der Waals surface area contributed by atoms with E-state index in [0.29, 0.717) is 0 Å². The Labute approximate surface area is 69.1 Å². The lowest BCUT2D eigenvalue weighted by molar-refractivity contribution is 0.549. The second-order valence-electron chi connectivity index (χ2n) is 2.67. The number of hydrogen-bond donors (Lipinski definition) is 0. The zero-order chi connectivity index (χ0) is 7.82. The summed E-state index contributed by atoms with van der Waals surface area (Å²) >= 11 is 1.98. The summed E-state index contributed by atoms with van der Waals surface area (Å²) < 4.78 is 0. The molecule has 10 heavy (non-hydrogen) atoms. The van der Waals surface area contributed by atoms with E-state index in [-0.39, 0.29) is 0 Å². The monoisotopic (exact) mass is 158 g/mol. The lowest BCUT2D eigenvalue weighted by Crippen LogP contribution is -1.93. The highest BCUT2D eigenvalue weighted by Crippen LogP contribution is 2.11. The Morgan fingerprint density at radius 2 is 2.30 bits per heavy atom. The Morgan fingerprint density at radius 1 is 1.60 bits per heavy atom. The first-order chi connectivity index (χ1) is 4.81. The highest BCUT2D eigenvalue weighted by atomic mass is 32.2. The Balaban J connectivity index is 2.95. The van der Waals surface area contributed by atoms with Gasteiger partial charge < -0.3 is 0 Å². The van der Waals surface area contributed by atoms with E-state index in [0.717, 1.165) is 11.7 Å². The fourth-order valence-electron chi connectivity index (χ4n) is 0.655. The van der Waals surface area contributed by atoms with Crippen molar-refractivity contribution < 1.29 is 0 Å². The van der Waals surface area contributed by atoms with Gasteiger partial charge in [-0.25, -0.2) is 0 Å². The van der Waals surface area contributed by atoms with Gasteiger partial charge in [0.25, 0.3) is 0 Å². The molecule has 0 bridgehead atoms. The fraction of sp³-hybridized carbons (Fsp3) is 0.778. The average Bonchev–Trinajstić information content (AvgIpc) is 1.98. The summed E-state index contributed by atoms with van der Waals surface area (Å²) in [4.78, 5) is 0. The van der Waals surface area contributed by atoms with Gasteiger partial charge in [0.15, 0.2) is 0 Å². The van der Waals surface area contributed by atoms with Gasteiger partial charge in [-0.05, 0) is 18.1 Å². The topological polar surface area (TPSA) is 0 Å². The Morgan fingerprint density at radius 3 is 2.80 bits per heavy atom.